The highest BCUT2D eigenvalue weighted by Gasteiger charge is 2.13. The van der Waals surface area contributed by atoms with Crippen LogP contribution in [-0.2, 0) is 6.54 Å². The van der Waals surface area contributed by atoms with Gasteiger partial charge in [-0.15, -0.1) is 0 Å². The molecule has 6 heteroatoms. The molecule has 3 N–H and O–H groups in total. The smallest absolute Gasteiger partial charge is 0.224 e. The second-order valence-electron chi connectivity index (χ2n) is 5.66. The van der Waals surface area contributed by atoms with Crippen LogP contribution in [0.5, 0.6) is 0 Å². The molecule has 5 nitrogen and oxygen atoms in total. The van der Waals surface area contributed by atoms with E-state index in [0.29, 0.717) is 18.5 Å². The largest absolute Gasteiger partial charge is 0.368 e. The highest BCUT2D eigenvalue weighted by molar-refractivity contribution is 7.99. The number of thioether (sulfide) groups is 1. The molecule has 1 aromatic heterocycles. The van der Waals surface area contributed by atoms with Gasteiger partial charge in [0, 0.05) is 11.8 Å². The lowest BCUT2D eigenvalue weighted by Gasteiger charge is -2.22. The Morgan fingerprint density at radius 3 is 2.71 bits per heavy atom. The number of nitrogen functional groups attached to an aromatic ring is 1. The van der Waals surface area contributed by atoms with Gasteiger partial charge in [-0.3, -0.25) is 0 Å². The fourth-order valence-corrected chi connectivity index (χ4v) is 3.48. The number of rotatable bonds is 8. The first-order chi connectivity index (χ1) is 10.3. The second-order valence-corrected chi connectivity index (χ2v) is 6.73. The first-order valence-corrected chi connectivity index (χ1v) is 9.13. The highest BCUT2D eigenvalue weighted by atomic mass is 32.2. The molecule has 1 aromatic rings. The molecule has 118 valence electrons. The molecule has 0 spiro atoms. The van der Waals surface area contributed by atoms with Crippen LogP contribution in [0.2, 0.25) is 0 Å². The third kappa shape index (κ3) is 6.18. The number of unbranched alkanes of at least 4 members (excludes halogenated alkanes) is 2. The summed E-state index contributed by atoms with van der Waals surface area (Å²) in [7, 11) is 0. The van der Waals surface area contributed by atoms with E-state index in [0.717, 1.165) is 16.7 Å². The van der Waals surface area contributed by atoms with Crippen molar-refractivity contribution in [1.29, 1.82) is 0 Å². The van der Waals surface area contributed by atoms with Crippen molar-refractivity contribution in [2.24, 2.45) is 0 Å². The van der Waals surface area contributed by atoms with Gasteiger partial charge in [-0.05, 0) is 19.3 Å². The molecule has 1 aliphatic rings. The number of nitrogens with zero attached hydrogens (tertiary/aromatic N) is 3. The summed E-state index contributed by atoms with van der Waals surface area (Å²) >= 11 is 1.68. The first kappa shape index (κ1) is 16.5. The predicted molar refractivity (Wildman–Crippen MR) is 88.2 cm³/mol. The maximum Gasteiger partial charge on any atom is 0.224 e. The molecular weight excluding hydrogens is 282 g/mol. The molecule has 0 unspecified atom stereocenters. The molecule has 0 amide bonds. The van der Waals surface area contributed by atoms with Gasteiger partial charge in [0.2, 0.25) is 5.95 Å². The molecule has 1 heterocycles. The molecule has 0 saturated heterocycles. The summed E-state index contributed by atoms with van der Waals surface area (Å²) in [6, 6.07) is 0.609. The topological polar surface area (TPSA) is 76.7 Å². The summed E-state index contributed by atoms with van der Waals surface area (Å²) in [5.41, 5.74) is 5.80. The van der Waals surface area contributed by atoms with Crippen LogP contribution in [0.4, 0.5) is 5.95 Å². The quantitative estimate of drug-likeness (QED) is 0.567. The van der Waals surface area contributed by atoms with Crippen molar-refractivity contribution >= 4 is 17.7 Å². The van der Waals surface area contributed by atoms with Gasteiger partial charge in [0.25, 0.3) is 0 Å². The van der Waals surface area contributed by atoms with Gasteiger partial charge in [-0.2, -0.15) is 9.97 Å². The van der Waals surface area contributed by atoms with Crippen LogP contribution in [0.1, 0.15) is 64.1 Å². The predicted octanol–water partition coefficient (Wildman–Crippen LogP) is 3.16. The van der Waals surface area contributed by atoms with E-state index in [-0.39, 0.29) is 0 Å². The van der Waals surface area contributed by atoms with Crippen molar-refractivity contribution in [1.82, 2.24) is 20.3 Å². The molecular formula is C15H27N5S. The number of nitrogens with two attached hydrogens (primary N) is 1. The Kier molecular flexibility index (Phi) is 7.23. The van der Waals surface area contributed by atoms with Crippen molar-refractivity contribution in [2.75, 3.05) is 11.5 Å². The summed E-state index contributed by atoms with van der Waals surface area (Å²) in [6.45, 7) is 2.90. The van der Waals surface area contributed by atoms with Crippen molar-refractivity contribution in [3.63, 3.8) is 0 Å². The van der Waals surface area contributed by atoms with Crippen LogP contribution < -0.4 is 11.1 Å². The van der Waals surface area contributed by atoms with E-state index in [2.05, 4.69) is 27.2 Å². The summed E-state index contributed by atoms with van der Waals surface area (Å²) in [5.74, 6) is 2.15. The van der Waals surface area contributed by atoms with Gasteiger partial charge >= 0.3 is 0 Å². The maximum absolute atomic E-state index is 5.80. The SMILES string of the molecule is CCCCCSc1nc(N)nc(CNC2CCCCC2)n1. The Morgan fingerprint density at radius 1 is 1.14 bits per heavy atom. The van der Waals surface area contributed by atoms with E-state index in [1.807, 2.05) is 0 Å². The number of nitrogens with one attached hydrogen (secondary N) is 1. The molecule has 0 radical (unpaired) electrons. The van der Waals surface area contributed by atoms with Crippen LogP contribution >= 0.6 is 11.8 Å². The summed E-state index contributed by atoms with van der Waals surface area (Å²) in [4.78, 5) is 13.0. The van der Waals surface area contributed by atoms with Crippen LogP contribution in [0.15, 0.2) is 5.16 Å². The number of aromatic nitrogens is 3. The lowest BCUT2D eigenvalue weighted by molar-refractivity contribution is 0.368. The summed E-state index contributed by atoms with van der Waals surface area (Å²) < 4.78 is 0. The monoisotopic (exact) mass is 309 g/mol. The highest BCUT2D eigenvalue weighted by Crippen LogP contribution is 2.18. The van der Waals surface area contributed by atoms with E-state index in [4.69, 9.17) is 5.73 Å². The van der Waals surface area contributed by atoms with Gasteiger partial charge in [0.05, 0.1) is 6.54 Å². The molecule has 0 aliphatic heterocycles. The number of anilines is 1. The third-order valence-electron chi connectivity index (χ3n) is 3.81. The molecule has 1 fully saturated rings. The zero-order chi connectivity index (χ0) is 14.9. The van der Waals surface area contributed by atoms with Crippen molar-refractivity contribution in [3.05, 3.63) is 5.82 Å². The van der Waals surface area contributed by atoms with Crippen LogP contribution in [0.3, 0.4) is 0 Å². The Labute approximate surface area is 131 Å². The zero-order valence-electron chi connectivity index (χ0n) is 13.0. The Balaban J connectivity index is 1.82. The Hall–Kier alpha value is -0.880. The molecule has 1 saturated carbocycles. The Morgan fingerprint density at radius 2 is 1.95 bits per heavy atom. The third-order valence-corrected chi connectivity index (χ3v) is 4.75. The van der Waals surface area contributed by atoms with E-state index in [1.165, 1.54) is 51.4 Å². The fourth-order valence-electron chi connectivity index (χ4n) is 2.62. The molecule has 0 aromatic carbocycles. The van der Waals surface area contributed by atoms with E-state index >= 15 is 0 Å². The minimum atomic E-state index is 0.337. The molecule has 1 aliphatic carbocycles. The van der Waals surface area contributed by atoms with E-state index in [1.54, 1.807) is 11.8 Å². The standard InChI is InChI=1S/C15H27N5S/c1-2-3-7-10-21-15-19-13(18-14(16)20-15)11-17-12-8-5-4-6-9-12/h12,17H,2-11H2,1H3,(H2,16,18,19,20). The van der Waals surface area contributed by atoms with Crippen molar-refractivity contribution in [3.8, 4) is 0 Å². The van der Waals surface area contributed by atoms with Crippen LogP contribution in [0, 0.1) is 0 Å². The van der Waals surface area contributed by atoms with E-state index in [9.17, 15) is 0 Å². The normalized spacial score (nSPS) is 16.2. The zero-order valence-corrected chi connectivity index (χ0v) is 13.8. The molecule has 2 rings (SSSR count). The van der Waals surface area contributed by atoms with Gasteiger partial charge in [-0.1, -0.05) is 50.8 Å². The first-order valence-electron chi connectivity index (χ1n) is 8.14. The average Bonchev–Trinajstić information content (AvgIpc) is 2.50. The summed E-state index contributed by atoms with van der Waals surface area (Å²) in [6.07, 6.45) is 10.2. The van der Waals surface area contributed by atoms with Crippen molar-refractivity contribution in [2.45, 2.75) is 76.0 Å². The fraction of sp³-hybridized carbons (Fsp3) is 0.800. The van der Waals surface area contributed by atoms with Gasteiger partial charge < -0.3 is 11.1 Å². The van der Waals surface area contributed by atoms with E-state index < -0.39 is 0 Å². The Bertz CT molecular complexity index is 421. The second kappa shape index (κ2) is 9.20. The lowest BCUT2D eigenvalue weighted by Crippen LogP contribution is -2.31. The lowest BCUT2D eigenvalue weighted by atomic mass is 9.95. The molecule has 0 atom stereocenters. The van der Waals surface area contributed by atoms with Gasteiger partial charge in [0.1, 0.15) is 5.82 Å². The average molecular weight is 309 g/mol. The van der Waals surface area contributed by atoms with Crippen LogP contribution in [0.25, 0.3) is 0 Å². The van der Waals surface area contributed by atoms with Crippen molar-refractivity contribution < 1.29 is 0 Å². The number of hydrogen-bond acceptors (Lipinski definition) is 6. The number of hydrogen-bond donors (Lipinski definition) is 2. The molecule has 21 heavy (non-hydrogen) atoms. The minimum absolute atomic E-state index is 0.337. The minimum Gasteiger partial charge on any atom is -0.368 e. The van der Waals surface area contributed by atoms with Gasteiger partial charge in [0.15, 0.2) is 5.16 Å². The summed E-state index contributed by atoms with van der Waals surface area (Å²) in [5, 5.41) is 4.31. The maximum atomic E-state index is 5.80. The van der Waals surface area contributed by atoms with Gasteiger partial charge in [-0.25, -0.2) is 4.98 Å². The van der Waals surface area contributed by atoms with Crippen LogP contribution in [-0.4, -0.2) is 26.7 Å². The molecule has 0 bridgehead atoms.